The third kappa shape index (κ3) is 3.91. The van der Waals surface area contributed by atoms with Crippen molar-refractivity contribution >= 4 is 11.9 Å². The average molecular weight is 322 g/mol. The number of methoxy groups -OCH3 is 3. The first-order valence-corrected chi connectivity index (χ1v) is 7.50. The quantitative estimate of drug-likeness (QED) is 0.595. The van der Waals surface area contributed by atoms with Gasteiger partial charge < -0.3 is 14.2 Å². The van der Waals surface area contributed by atoms with Gasteiger partial charge in [-0.25, -0.2) is 0 Å². The van der Waals surface area contributed by atoms with Gasteiger partial charge in [-0.05, 0) is 11.0 Å². The first-order chi connectivity index (χ1) is 10.7. The monoisotopic (exact) mass is 322 g/mol. The Morgan fingerprint density at radius 3 is 1.78 bits per heavy atom. The number of benzene rings is 1. The Bertz CT molecular complexity index is 516. The summed E-state index contributed by atoms with van der Waals surface area (Å²) < 4.78 is 15.5. The van der Waals surface area contributed by atoms with Gasteiger partial charge in [-0.3, -0.25) is 9.59 Å². The number of carbonyl (C=O) groups excluding carboxylic acids is 2. The lowest BCUT2D eigenvalue weighted by atomic mass is 9.67. The predicted molar refractivity (Wildman–Crippen MR) is 86.7 cm³/mol. The van der Waals surface area contributed by atoms with Gasteiger partial charge >= 0.3 is 11.9 Å². The van der Waals surface area contributed by atoms with E-state index >= 15 is 0 Å². The van der Waals surface area contributed by atoms with E-state index < -0.39 is 23.5 Å². The SMILES string of the molecule is COC(=O)C(CC(OC)(c1ccccc1)C(C)(C)C)C(=O)OC. The molecule has 0 saturated carbocycles. The van der Waals surface area contributed by atoms with Crippen LogP contribution in [0, 0.1) is 11.3 Å². The molecule has 5 nitrogen and oxygen atoms in total. The summed E-state index contributed by atoms with van der Waals surface area (Å²) >= 11 is 0. The summed E-state index contributed by atoms with van der Waals surface area (Å²) in [5.41, 5.74) is -0.321. The molecule has 0 fully saturated rings. The first kappa shape index (κ1) is 19.2. The Labute approximate surface area is 137 Å². The minimum Gasteiger partial charge on any atom is -0.468 e. The third-order valence-electron chi connectivity index (χ3n) is 4.26. The van der Waals surface area contributed by atoms with Crippen LogP contribution in [0.15, 0.2) is 30.3 Å². The number of carbonyl (C=O) groups is 2. The van der Waals surface area contributed by atoms with Gasteiger partial charge in [-0.2, -0.15) is 0 Å². The third-order valence-corrected chi connectivity index (χ3v) is 4.26. The van der Waals surface area contributed by atoms with E-state index in [9.17, 15) is 9.59 Å². The molecule has 128 valence electrons. The van der Waals surface area contributed by atoms with Crippen LogP contribution in [0.2, 0.25) is 0 Å². The fourth-order valence-electron chi connectivity index (χ4n) is 2.91. The van der Waals surface area contributed by atoms with Gasteiger partial charge in [0.25, 0.3) is 0 Å². The molecule has 0 aliphatic rings. The minimum atomic E-state index is -1.05. The molecule has 0 aromatic heterocycles. The molecule has 0 heterocycles. The Balaban J connectivity index is 3.40. The van der Waals surface area contributed by atoms with E-state index in [0.29, 0.717) is 0 Å². The van der Waals surface area contributed by atoms with Crippen LogP contribution < -0.4 is 0 Å². The Morgan fingerprint density at radius 2 is 1.43 bits per heavy atom. The molecule has 1 rings (SSSR count). The summed E-state index contributed by atoms with van der Waals surface area (Å²) in [6.45, 7) is 6.03. The van der Waals surface area contributed by atoms with E-state index in [1.165, 1.54) is 14.2 Å². The lowest BCUT2D eigenvalue weighted by Gasteiger charge is -2.45. The molecule has 5 heteroatoms. The summed E-state index contributed by atoms with van der Waals surface area (Å²) in [6, 6.07) is 9.58. The van der Waals surface area contributed by atoms with Crippen molar-refractivity contribution in [2.24, 2.45) is 11.3 Å². The van der Waals surface area contributed by atoms with Crippen LogP contribution in [-0.4, -0.2) is 33.3 Å². The van der Waals surface area contributed by atoms with Crippen LogP contribution in [-0.2, 0) is 29.4 Å². The number of hydrogen-bond donors (Lipinski definition) is 0. The Hall–Kier alpha value is -1.88. The second-order valence-corrected chi connectivity index (χ2v) is 6.45. The van der Waals surface area contributed by atoms with Crippen molar-refractivity contribution in [3.63, 3.8) is 0 Å². The van der Waals surface area contributed by atoms with Crippen LogP contribution in [0.4, 0.5) is 0 Å². The molecule has 0 amide bonds. The number of rotatable bonds is 6. The van der Waals surface area contributed by atoms with E-state index in [1.807, 2.05) is 51.1 Å². The lowest BCUT2D eigenvalue weighted by molar-refractivity contribution is -0.169. The largest absolute Gasteiger partial charge is 0.468 e. The molecule has 1 aromatic carbocycles. The summed E-state index contributed by atoms with van der Waals surface area (Å²) in [7, 11) is 4.10. The zero-order chi connectivity index (χ0) is 17.7. The molecule has 0 aliphatic heterocycles. The highest BCUT2D eigenvalue weighted by atomic mass is 16.5. The highest BCUT2D eigenvalue weighted by Gasteiger charge is 2.48. The topological polar surface area (TPSA) is 61.8 Å². The fourth-order valence-corrected chi connectivity index (χ4v) is 2.91. The molecule has 0 radical (unpaired) electrons. The van der Waals surface area contributed by atoms with Gasteiger partial charge in [0.2, 0.25) is 0 Å². The average Bonchev–Trinajstić information content (AvgIpc) is 2.54. The molecule has 0 aliphatic carbocycles. The highest BCUT2D eigenvalue weighted by Crippen LogP contribution is 2.47. The maximum absolute atomic E-state index is 12.1. The Morgan fingerprint density at radius 1 is 0.957 bits per heavy atom. The summed E-state index contributed by atoms with van der Waals surface area (Å²) in [5.74, 6) is -2.30. The summed E-state index contributed by atoms with van der Waals surface area (Å²) in [4.78, 5) is 24.2. The fraction of sp³-hybridized carbons (Fsp3) is 0.556. The molecule has 0 spiro atoms. The van der Waals surface area contributed by atoms with E-state index in [4.69, 9.17) is 14.2 Å². The van der Waals surface area contributed by atoms with E-state index in [-0.39, 0.29) is 11.8 Å². The standard InChI is InChI=1S/C18H26O5/c1-17(2,3)18(23-6,13-10-8-7-9-11-13)12-14(15(19)21-4)16(20)22-5/h7-11,14H,12H2,1-6H3. The van der Waals surface area contributed by atoms with Gasteiger partial charge in [0.1, 0.15) is 0 Å². The molecular formula is C18H26O5. The summed E-state index contributed by atoms with van der Waals surface area (Å²) in [6.07, 6.45) is 0.135. The van der Waals surface area contributed by atoms with Gasteiger partial charge in [0, 0.05) is 13.5 Å². The van der Waals surface area contributed by atoms with Crippen molar-refractivity contribution in [1.82, 2.24) is 0 Å². The maximum atomic E-state index is 12.1. The molecule has 0 N–H and O–H groups in total. The molecule has 1 aromatic rings. The van der Waals surface area contributed by atoms with Crippen molar-refractivity contribution < 1.29 is 23.8 Å². The second kappa shape index (κ2) is 7.59. The molecule has 0 bridgehead atoms. The minimum absolute atomic E-state index is 0.135. The molecule has 0 saturated heterocycles. The van der Waals surface area contributed by atoms with Crippen molar-refractivity contribution in [1.29, 1.82) is 0 Å². The zero-order valence-corrected chi connectivity index (χ0v) is 14.7. The highest BCUT2D eigenvalue weighted by molar-refractivity contribution is 5.94. The van der Waals surface area contributed by atoms with Crippen molar-refractivity contribution in [3.8, 4) is 0 Å². The van der Waals surface area contributed by atoms with Crippen LogP contribution in [0.25, 0.3) is 0 Å². The van der Waals surface area contributed by atoms with Crippen LogP contribution in [0.3, 0.4) is 0 Å². The normalized spacial score (nSPS) is 14.2. The summed E-state index contributed by atoms with van der Waals surface area (Å²) in [5, 5.41) is 0. The number of ether oxygens (including phenoxy) is 3. The smallest absolute Gasteiger partial charge is 0.320 e. The van der Waals surface area contributed by atoms with Crippen LogP contribution >= 0.6 is 0 Å². The van der Waals surface area contributed by atoms with Crippen LogP contribution in [0.5, 0.6) is 0 Å². The maximum Gasteiger partial charge on any atom is 0.320 e. The van der Waals surface area contributed by atoms with Gasteiger partial charge in [-0.15, -0.1) is 0 Å². The van der Waals surface area contributed by atoms with Gasteiger partial charge in [-0.1, -0.05) is 51.1 Å². The Kier molecular flexibility index (Phi) is 6.33. The van der Waals surface area contributed by atoms with Crippen LogP contribution in [0.1, 0.15) is 32.8 Å². The second-order valence-electron chi connectivity index (χ2n) is 6.45. The van der Waals surface area contributed by atoms with Crippen molar-refractivity contribution in [2.75, 3.05) is 21.3 Å². The van der Waals surface area contributed by atoms with Gasteiger partial charge in [0.15, 0.2) is 5.92 Å². The van der Waals surface area contributed by atoms with E-state index in [2.05, 4.69) is 0 Å². The lowest BCUT2D eigenvalue weighted by Crippen LogP contribution is -2.46. The van der Waals surface area contributed by atoms with Crippen molar-refractivity contribution in [3.05, 3.63) is 35.9 Å². The van der Waals surface area contributed by atoms with E-state index in [0.717, 1.165) is 5.56 Å². The van der Waals surface area contributed by atoms with Gasteiger partial charge in [0.05, 0.1) is 19.8 Å². The first-order valence-electron chi connectivity index (χ1n) is 7.50. The number of hydrogen-bond acceptors (Lipinski definition) is 5. The molecular weight excluding hydrogens is 296 g/mol. The molecule has 1 unspecified atom stereocenters. The van der Waals surface area contributed by atoms with E-state index in [1.54, 1.807) is 7.11 Å². The predicted octanol–water partition coefficient (Wildman–Crippen LogP) is 2.93. The zero-order valence-electron chi connectivity index (χ0n) is 14.7. The molecule has 23 heavy (non-hydrogen) atoms. The van der Waals surface area contributed by atoms with Crippen molar-refractivity contribution in [2.45, 2.75) is 32.8 Å². The molecule has 1 atom stereocenters. The number of esters is 2.